The summed E-state index contributed by atoms with van der Waals surface area (Å²) < 4.78 is 14.8. The van der Waals surface area contributed by atoms with E-state index in [1.807, 2.05) is 0 Å². The van der Waals surface area contributed by atoms with Gasteiger partial charge in [0.1, 0.15) is 11.4 Å². The Labute approximate surface area is 120 Å². The van der Waals surface area contributed by atoms with E-state index in [-0.39, 0.29) is 6.04 Å². The van der Waals surface area contributed by atoms with E-state index in [4.69, 9.17) is 5.73 Å². The molecule has 1 unspecified atom stereocenters. The second kappa shape index (κ2) is 5.59. The molecule has 3 nitrogen and oxygen atoms in total. The Kier molecular flexibility index (Phi) is 4.26. The number of carbonyl (C=O) groups is 1. The first-order chi connectivity index (χ1) is 8.93. The van der Waals surface area contributed by atoms with Gasteiger partial charge in [-0.2, -0.15) is 0 Å². The van der Waals surface area contributed by atoms with Crippen molar-refractivity contribution < 1.29 is 9.18 Å². The minimum atomic E-state index is -1.18. The third-order valence-corrected chi connectivity index (χ3v) is 4.30. The first kappa shape index (κ1) is 14.5. The van der Waals surface area contributed by atoms with Gasteiger partial charge in [-0.3, -0.25) is 10.1 Å². The molecule has 5 heteroatoms. The molecule has 0 bridgehead atoms. The number of amides is 1. The number of rotatable bonds is 4. The lowest BCUT2D eigenvalue weighted by atomic mass is 9.89. The molecule has 0 aromatic heterocycles. The van der Waals surface area contributed by atoms with Gasteiger partial charge in [-0.25, -0.2) is 4.39 Å². The summed E-state index contributed by atoms with van der Waals surface area (Å²) in [4.78, 5) is 11.9. The molecule has 0 saturated heterocycles. The van der Waals surface area contributed by atoms with Gasteiger partial charge < -0.3 is 5.73 Å². The molecular weight excluding hydrogens is 311 g/mol. The fraction of sp³-hybridized carbons (Fsp3) is 0.500. The molecule has 1 aliphatic carbocycles. The van der Waals surface area contributed by atoms with Crippen LogP contribution in [0.3, 0.4) is 0 Å². The molecule has 1 aromatic carbocycles. The predicted octanol–water partition coefficient (Wildman–Crippen LogP) is 2.82. The fourth-order valence-corrected chi connectivity index (χ4v) is 3.00. The number of halogens is 2. The molecule has 0 spiro atoms. The zero-order valence-electron chi connectivity index (χ0n) is 10.9. The molecular formula is C14H18BrFN2O. The highest BCUT2D eigenvalue weighted by Crippen LogP contribution is 2.30. The molecule has 19 heavy (non-hydrogen) atoms. The Morgan fingerprint density at radius 2 is 2.11 bits per heavy atom. The van der Waals surface area contributed by atoms with Crippen LogP contribution in [0.4, 0.5) is 4.39 Å². The SMILES string of the molecule is CC(NC1CCCC1)(C(N)=O)c1cc(Br)ccc1F. The quantitative estimate of drug-likeness (QED) is 0.892. The molecule has 0 heterocycles. The zero-order chi connectivity index (χ0) is 14.0. The molecule has 1 aromatic rings. The third kappa shape index (κ3) is 2.98. The van der Waals surface area contributed by atoms with Crippen LogP contribution in [0.1, 0.15) is 38.2 Å². The Hall–Kier alpha value is -0.940. The highest BCUT2D eigenvalue weighted by molar-refractivity contribution is 9.10. The lowest BCUT2D eigenvalue weighted by Gasteiger charge is -2.32. The van der Waals surface area contributed by atoms with Crippen molar-refractivity contribution in [3.8, 4) is 0 Å². The largest absolute Gasteiger partial charge is 0.368 e. The molecule has 1 aliphatic rings. The molecule has 2 rings (SSSR count). The van der Waals surface area contributed by atoms with Crippen molar-refractivity contribution >= 4 is 21.8 Å². The number of nitrogens with two attached hydrogens (primary N) is 1. The van der Waals surface area contributed by atoms with Gasteiger partial charge in [-0.05, 0) is 38.0 Å². The monoisotopic (exact) mass is 328 g/mol. The zero-order valence-corrected chi connectivity index (χ0v) is 12.5. The maximum Gasteiger partial charge on any atom is 0.242 e. The summed E-state index contributed by atoms with van der Waals surface area (Å²) in [6, 6.07) is 4.78. The Balaban J connectivity index is 2.37. The van der Waals surface area contributed by atoms with Crippen molar-refractivity contribution in [1.29, 1.82) is 0 Å². The van der Waals surface area contributed by atoms with E-state index in [1.165, 1.54) is 6.07 Å². The Morgan fingerprint density at radius 1 is 1.47 bits per heavy atom. The second-order valence-electron chi connectivity index (χ2n) is 5.24. The molecule has 1 amide bonds. The van der Waals surface area contributed by atoms with Crippen molar-refractivity contribution in [3.05, 3.63) is 34.1 Å². The van der Waals surface area contributed by atoms with Crippen LogP contribution in [-0.4, -0.2) is 11.9 Å². The summed E-state index contributed by atoms with van der Waals surface area (Å²) in [5.41, 5.74) is 4.63. The average molecular weight is 329 g/mol. The number of carbonyl (C=O) groups excluding carboxylic acids is 1. The van der Waals surface area contributed by atoms with Crippen LogP contribution >= 0.6 is 15.9 Å². The summed E-state index contributed by atoms with van der Waals surface area (Å²) in [6.45, 7) is 1.65. The van der Waals surface area contributed by atoms with E-state index in [9.17, 15) is 9.18 Å². The van der Waals surface area contributed by atoms with Crippen molar-refractivity contribution in [2.45, 2.75) is 44.2 Å². The maximum absolute atomic E-state index is 14.0. The third-order valence-electron chi connectivity index (χ3n) is 3.81. The van der Waals surface area contributed by atoms with Crippen LogP contribution in [0.15, 0.2) is 22.7 Å². The van der Waals surface area contributed by atoms with E-state index >= 15 is 0 Å². The highest BCUT2D eigenvalue weighted by Gasteiger charge is 2.38. The summed E-state index contributed by atoms with van der Waals surface area (Å²) in [5.74, 6) is -0.980. The van der Waals surface area contributed by atoms with Gasteiger partial charge in [-0.1, -0.05) is 28.8 Å². The first-order valence-corrected chi connectivity index (χ1v) is 7.26. The minimum Gasteiger partial charge on any atom is -0.368 e. The summed E-state index contributed by atoms with van der Waals surface area (Å²) >= 11 is 3.30. The Bertz CT molecular complexity index is 488. The van der Waals surface area contributed by atoms with Crippen LogP contribution in [0, 0.1) is 5.82 Å². The lowest BCUT2D eigenvalue weighted by molar-refractivity contribution is -0.124. The van der Waals surface area contributed by atoms with Crippen LogP contribution in [-0.2, 0) is 10.3 Å². The van der Waals surface area contributed by atoms with E-state index in [0.717, 1.165) is 30.2 Å². The van der Waals surface area contributed by atoms with Gasteiger partial charge in [-0.15, -0.1) is 0 Å². The van der Waals surface area contributed by atoms with E-state index in [1.54, 1.807) is 19.1 Å². The predicted molar refractivity (Wildman–Crippen MR) is 76.0 cm³/mol. The molecule has 1 atom stereocenters. The number of nitrogens with one attached hydrogen (secondary N) is 1. The van der Waals surface area contributed by atoms with Crippen LogP contribution < -0.4 is 11.1 Å². The van der Waals surface area contributed by atoms with Crippen molar-refractivity contribution in [3.63, 3.8) is 0 Å². The number of hydrogen-bond acceptors (Lipinski definition) is 2. The van der Waals surface area contributed by atoms with Gasteiger partial charge in [0, 0.05) is 16.1 Å². The fourth-order valence-electron chi connectivity index (χ4n) is 2.64. The number of primary amides is 1. The van der Waals surface area contributed by atoms with Gasteiger partial charge in [0.15, 0.2) is 0 Å². The van der Waals surface area contributed by atoms with Gasteiger partial charge in [0.25, 0.3) is 0 Å². The van der Waals surface area contributed by atoms with Crippen molar-refractivity contribution in [2.75, 3.05) is 0 Å². The summed E-state index contributed by atoms with van der Waals surface area (Å²) in [5, 5.41) is 3.24. The topological polar surface area (TPSA) is 55.1 Å². The molecule has 1 saturated carbocycles. The second-order valence-corrected chi connectivity index (χ2v) is 6.15. The standard InChI is InChI=1S/C14H18BrFN2O/c1-14(13(17)19,18-10-4-2-3-5-10)11-8-9(15)6-7-12(11)16/h6-8,10,18H,2-5H2,1H3,(H2,17,19). The molecule has 0 radical (unpaired) electrons. The van der Waals surface area contributed by atoms with Crippen molar-refractivity contribution in [1.82, 2.24) is 5.32 Å². The normalized spacial score (nSPS) is 19.3. The molecule has 1 fully saturated rings. The minimum absolute atomic E-state index is 0.218. The lowest BCUT2D eigenvalue weighted by Crippen LogP contribution is -2.54. The molecule has 3 N–H and O–H groups in total. The van der Waals surface area contributed by atoms with Gasteiger partial charge >= 0.3 is 0 Å². The smallest absolute Gasteiger partial charge is 0.242 e. The van der Waals surface area contributed by atoms with E-state index in [0.29, 0.717) is 5.56 Å². The number of hydrogen-bond donors (Lipinski definition) is 2. The van der Waals surface area contributed by atoms with Crippen molar-refractivity contribution in [2.24, 2.45) is 5.73 Å². The highest BCUT2D eigenvalue weighted by atomic mass is 79.9. The molecule has 104 valence electrons. The van der Waals surface area contributed by atoms with Crippen LogP contribution in [0.2, 0.25) is 0 Å². The first-order valence-electron chi connectivity index (χ1n) is 6.46. The van der Waals surface area contributed by atoms with Gasteiger partial charge in [0.05, 0.1) is 0 Å². The Morgan fingerprint density at radius 3 is 2.68 bits per heavy atom. The van der Waals surface area contributed by atoms with E-state index in [2.05, 4.69) is 21.2 Å². The molecule has 0 aliphatic heterocycles. The summed E-state index contributed by atoms with van der Waals surface area (Å²) in [7, 11) is 0. The summed E-state index contributed by atoms with van der Waals surface area (Å²) in [6.07, 6.45) is 4.26. The van der Waals surface area contributed by atoms with Crippen LogP contribution in [0.5, 0.6) is 0 Å². The van der Waals surface area contributed by atoms with Crippen LogP contribution in [0.25, 0.3) is 0 Å². The van der Waals surface area contributed by atoms with E-state index < -0.39 is 17.3 Å². The number of benzene rings is 1. The average Bonchev–Trinajstić information content (AvgIpc) is 2.84. The maximum atomic E-state index is 14.0. The van der Waals surface area contributed by atoms with Gasteiger partial charge in [0.2, 0.25) is 5.91 Å².